The molecule has 1 amide bonds. The number of methoxy groups -OCH3 is 1. The lowest BCUT2D eigenvalue weighted by molar-refractivity contribution is -0.152. The van der Waals surface area contributed by atoms with Crippen LogP contribution < -0.4 is 10.1 Å². The van der Waals surface area contributed by atoms with Gasteiger partial charge in [-0.2, -0.15) is 0 Å². The van der Waals surface area contributed by atoms with Crippen molar-refractivity contribution in [1.29, 1.82) is 0 Å². The summed E-state index contributed by atoms with van der Waals surface area (Å²) in [6.07, 6.45) is -0.850. The number of hydrogen-bond donors (Lipinski definition) is 1. The number of halogens is 2. The highest BCUT2D eigenvalue weighted by Gasteiger charge is 2.19. The molecule has 0 aliphatic heterocycles. The molecule has 0 unspecified atom stereocenters. The zero-order valence-corrected chi connectivity index (χ0v) is 16.4. The first-order chi connectivity index (χ1) is 12.9. The second-order valence-electron chi connectivity index (χ2n) is 5.52. The molecule has 1 atom stereocenters. The number of ether oxygens (including phenoxy) is 2. The number of amides is 1. The van der Waals surface area contributed by atoms with E-state index in [-0.39, 0.29) is 12.2 Å². The van der Waals surface area contributed by atoms with E-state index >= 15 is 0 Å². The maximum atomic E-state index is 12.8. The van der Waals surface area contributed by atoms with Gasteiger partial charge in [0.25, 0.3) is 5.91 Å². The smallest absolute Gasteiger partial charge is 0.307 e. The van der Waals surface area contributed by atoms with Crippen molar-refractivity contribution in [2.75, 3.05) is 18.2 Å². The van der Waals surface area contributed by atoms with Gasteiger partial charge < -0.3 is 14.8 Å². The van der Waals surface area contributed by atoms with Crippen LogP contribution in [0.15, 0.2) is 47.4 Å². The Labute approximate surface area is 166 Å². The molecule has 0 saturated heterocycles. The number of carbonyl (C=O) groups excluding carboxylic acids is 2. The van der Waals surface area contributed by atoms with E-state index in [4.69, 9.17) is 21.1 Å². The molecule has 0 aromatic heterocycles. The van der Waals surface area contributed by atoms with E-state index in [1.165, 1.54) is 37.9 Å². The molecule has 8 heteroatoms. The van der Waals surface area contributed by atoms with Gasteiger partial charge in [0, 0.05) is 15.7 Å². The molecule has 2 aromatic carbocycles. The van der Waals surface area contributed by atoms with Gasteiger partial charge in [0.1, 0.15) is 11.6 Å². The fraction of sp³-hybridized carbons (Fsp3) is 0.263. The van der Waals surface area contributed by atoms with Gasteiger partial charge in [-0.1, -0.05) is 11.6 Å². The van der Waals surface area contributed by atoms with Gasteiger partial charge in [-0.05, 0) is 49.4 Å². The molecule has 0 bridgehead atoms. The highest BCUT2D eigenvalue weighted by atomic mass is 35.5. The average Bonchev–Trinajstić information content (AvgIpc) is 2.63. The molecule has 0 heterocycles. The van der Waals surface area contributed by atoms with E-state index in [1.807, 2.05) is 0 Å². The molecule has 5 nitrogen and oxygen atoms in total. The van der Waals surface area contributed by atoms with Crippen LogP contribution in [0.5, 0.6) is 5.75 Å². The number of nitrogens with one attached hydrogen (secondary N) is 1. The predicted molar refractivity (Wildman–Crippen MR) is 104 cm³/mol. The van der Waals surface area contributed by atoms with Crippen molar-refractivity contribution in [3.63, 3.8) is 0 Å². The van der Waals surface area contributed by atoms with Gasteiger partial charge in [-0.15, -0.1) is 11.8 Å². The number of anilines is 1. The van der Waals surface area contributed by atoms with Crippen LogP contribution in [0.2, 0.25) is 5.02 Å². The van der Waals surface area contributed by atoms with Crippen molar-refractivity contribution in [3.8, 4) is 5.75 Å². The minimum atomic E-state index is -0.975. The van der Waals surface area contributed by atoms with E-state index in [1.54, 1.807) is 30.3 Å². The molecule has 0 aliphatic carbocycles. The fourth-order valence-corrected chi connectivity index (χ4v) is 3.11. The zero-order chi connectivity index (χ0) is 19.8. The Morgan fingerprint density at radius 2 is 1.93 bits per heavy atom. The zero-order valence-electron chi connectivity index (χ0n) is 14.8. The highest BCUT2D eigenvalue weighted by Crippen LogP contribution is 2.28. The number of esters is 1. The van der Waals surface area contributed by atoms with E-state index < -0.39 is 18.0 Å². The minimum absolute atomic E-state index is 0.125. The molecule has 27 heavy (non-hydrogen) atoms. The molecule has 0 radical (unpaired) electrons. The number of carbonyl (C=O) groups is 2. The molecule has 0 fully saturated rings. The lowest BCUT2D eigenvalue weighted by Crippen LogP contribution is -2.30. The standard InChI is InChI=1S/C19H19ClFNO4S/c1-12(19(24)22-16-11-13(20)3-8-17(16)25-2)26-18(23)9-10-27-15-6-4-14(21)5-7-15/h3-8,11-12H,9-10H2,1-2H3,(H,22,24)/t12-/m1/s1. The Morgan fingerprint density at radius 1 is 1.22 bits per heavy atom. The SMILES string of the molecule is COc1ccc(Cl)cc1NC(=O)[C@@H](C)OC(=O)CCSc1ccc(F)cc1. The first-order valence-electron chi connectivity index (χ1n) is 8.11. The quantitative estimate of drug-likeness (QED) is 0.510. The average molecular weight is 412 g/mol. The third kappa shape index (κ3) is 6.77. The highest BCUT2D eigenvalue weighted by molar-refractivity contribution is 7.99. The van der Waals surface area contributed by atoms with Crippen LogP contribution in [0.1, 0.15) is 13.3 Å². The third-order valence-electron chi connectivity index (χ3n) is 3.49. The second-order valence-corrected chi connectivity index (χ2v) is 7.12. The van der Waals surface area contributed by atoms with Crippen LogP contribution in [0.3, 0.4) is 0 Å². The van der Waals surface area contributed by atoms with Crippen molar-refractivity contribution in [2.45, 2.75) is 24.3 Å². The van der Waals surface area contributed by atoms with Crippen molar-refractivity contribution in [3.05, 3.63) is 53.3 Å². The molecule has 0 spiro atoms. The van der Waals surface area contributed by atoms with Gasteiger partial charge in [0.05, 0.1) is 19.2 Å². The van der Waals surface area contributed by atoms with Crippen molar-refractivity contribution < 1.29 is 23.5 Å². The Hall–Kier alpha value is -2.25. The van der Waals surface area contributed by atoms with Gasteiger partial charge in [-0.3, -0.25) is 9.59 Å². The molecular formula is C19H19ClFNO4S. The van der Waals surface area contributed by atoms with Crippen LogP contribution in [-0.2, 0) is 14.3 Å². The summed E-state index contributed by atoms with van der Waals surface area (Å²) in [6.45, 7) is 1.48. The predicted octanol–water partition coefficient (Wildman–Crippen LogP) is 4.54. The normalized spacial score (nSPS) is 11.6. The van der Waals surface area contributed by atoms with Crippen molar-refractivity contribution in [2.24, 2.45) is 0 Å². The minimum Gasteiger partial charge on any atom is -0.495 e. The summed E-state index contributed by atoms with van der Waals surface area (Å²) in [6, 6.07) is 10.8. The lowest BCUT2D eigenvalue weighted by atomic mass is 10.2. The maximum absolute atomic E-state index is 12.8. The first kappa shape index (κ1) is 21.1. The second kappa shape index (κ2) is 10.2. The maximum Gasteiger partial charge on any atom is 0.307 e. The monoisotopic (exact) mass is 411 g/mol. The summed E-state index contributed by atoms with van der Waals surface area (Å²) in [5, 5.41) is 3.07. The molecule has 144 valence electrons. The Kier molecular flexibility index (Phi) is 7.94. The first-order valence-corrected chi connectivity index (χ1v) is 9.47. The summed E-state index contributed by atoms with van der Waals surface area (Å²) >= 11 is 7.33. The van der Waals surface area contributed by atoms with Crippen molar-refractivity contribution >= 4 is 40.9 Å². The fourth-order valence-electron chi connectivity index (χ4n) is 2.10. The summed E-state index contributed by atoms with van der Waals surface area (Å²) in [7, 11) is 1.47. The van der Waals surface area contributed by atoms with E-state index in [2.05, 4.69) is 5.32 Å². The largest absolute Gasteiger partial charge is 0.495 e. The third-order valence-corrected chi connectivity index (χ3v) is 4.73. The Morgan fingerprint density at radius 3 is 2.59 bits per heavy atom. The van der Waals surface area contributed by atoms with Crippen LogP contribution in [-0.4, -0.2) is 30.8 Å². The van der Waals surface area contributed by atoms with Crippen LogP contribution in [0, 0.1) is 5.82 Å². The van der Waals surface area contributed by atoms with Crippen LogP contribution >= 0.6 is 23.4 Å². The Bertz CT molecular complexity index is 801. The molecular weight excluding hydrogens is 393 g/mol. The Balaban J connectivity index is 1.80. The number of thioether (sulfide) groups is 1. The molecule has 1 N–H and O–H groups in total. The van der Waals surface area contributed by atoms with Gasteiger partial charge >= 0.3 is 5.97 Å². The topological polar surface area (TPSA) is 64.6 Å². The molecule has 2 rings (SSSR count). The molecule has 0 aliphatic rings. The summed E-state index contributed by atoms with van der Waals surface area (Å²) in [4.78, 5) is 25.0. The molecule has 2 aromatic rings. The lowest BCUT2D eigenvalue weighted by Gasteiger charge is -2.15. The van der Waals surface area contributed by atoms with Gasteiger partial charge in [0.15, 0.2) is 6.10 Å². The summed E-state index contributed by atoms with van der Waals surface area (Å²) < 4.78 is 23.2. The summed E-state index contributed by atoms with van der Waals surface area (Å²) in [5.74, 6) is -0.390. The van der Waals surface area contributed by atoms with Crippen LogP contribution in [0.25, 0.3) is 0 Å². The van der Waals surface area contributed by atoms with E-state index in [0.29, 0.717) is 22.2 Å². The van der Waals surface area contributed by atoms with Crippen LogP contribution in [0.4, 0.5) is 10.1 Å². The van der Waals surface area contributed by atoms with Crippen molar-refractivity contribution in [1.82, 2.24) is 0 Å². The van der Waals surface area contributed by atoms with Gasteiger partial charge in [0.2, 0.25) is 0 Å². The van der Waals surface area contributed by atoms with Gasteiger partial charge in [-0.25, -0.2) is 4.39 Å². The summed E-state index contributed by atoms with van der Waals surface area (Å²) in [5.41, 5.74) is 0.393. The number of rotatable bonds is 8. The van der Waals surface area contributed by atoms with E-state index in [0.717, 1.165) is 4.90 Å². The number of benzene rings is 2. The van der Waals surface area contributed by atoms with E-state index in [9.17, 15) is 14.0 Å². The molecule has 0 saturated carbocycles. The number of hydrogen-bond acceptors (Lipinski definition) is 5.